The molecule has 0 aromatic carbocycles. The summed E-state index contributed by atoms with van der Waals surface area (Å²) in [6.07, 6.45) is 2.55. The second kappa shape index (κ2) is 5.96. The first-order chi connectivity index (χ1) is 8.25. The second-order valence-corrected chi connectivity index (χ2v) is 5.10. The maximum absolute atomic E-state index is 4.29. The fraction of sp³-hybridized carbons (Fsp3) is 0.692. The molecule has 0 amide bonds. The topological polar surface area (TPSA) is 41.0 Å². The molecule has 1 aromatic heterocycles. The van der Waals surface area contributed by atoms with E-state index in [2.05, 4.69) is 46.4 Å². The molecular formula is C13H22N4. The van der Waals surface area contributed by atoms with Gasteiger partial charge < -0.3 is 10.2 Å². The van der Waals surface area contributed by atoms with Gasteiger partial charge in [0.15, 0.2) is 5.82 Å². The zero-order chi connectivity index (χ0) is 12.1. The highest BCUT2D eigenvalue weighted by atomic mass is 15.3. The van der Waals surface area contributed by atoms with Crippen LogP contribution in [-0.2, 0) is 6.54 Å². The minimum Gasteiger partial charge on any atom is -0.355 e. The Kier molecular flexibility index (Phi) is 4.31. The van der Waals surface area contributed by atoms with Crippen LogP contribution in [0.25, 0.3) is 0 Å². The molecule has 0 aliphatic carbocycles. The van der Waals surface area contributed by atoms with Gasteiger partial charge in [-0.2, -0.15) is 5.10 Å². The fourth-order valence-electron chi connectivity index (χ4n) is 2.05. The monoisotopic (exact) mass is 234 g/mol. The van der Waals surface area contributed by atoms with Crippen molar-refractivity contribution in [2.24, 2.45) is 5.92 Å². The number of aromatic nitrogens is 2. The molecule has 0 unspecified atom stereocenters. The van der Waals surface area contributed by atoms with E-state index in [-0.39, 0.29) is 0 Å². The van der Waals surface area contributed by atoms with E-state index >= 15 is 0 Å². The van der Waals surface area contributed by atoms with Gasteiger partial charge >= 0.3 is 0 Å². The van der Waals surface area contributed by atoms with Gasteiger partial charge in [0.1, 0.15) is 0 Å². The summed E-state index contributed by atoms with van der Waals surface area (Å²) in [6, 6.07) is 4.17. The van der Waals surface area contributed by atoms with Crippen LogP contribution in [-0.4, -0.2) is 29.8 Å². The van der Waals surface area contributed by atoms with E-state index in [4.69, 9.17) is 0 Å². The number of hydrogen-bond acceptors (Lipinski definition) is 4. The third-order valence-electron chi connectivity index (χ3n) is 2.99. The number of hydrogen-bond donors (Lipinski definition) is 1. The highest BCUT2D eigenvalue weighted by molar-refractivity contribution is 5.38. The number of rotatable bonds is 5. The van der Waals surface area contributed by atoms with Crippen LogP contribution in [0.4, 0.5) is 5.82 Å². The quantitative estimate of drug-likeness (QED) is 0.844. The number of anilines is 1. The first-order valence-electron chi connectivity index (χ1n) is 6.54. The van der Waals surface area contributed by atoms with E-state index in [1.807, 2.05) is 0 Å². The van der Waals surface area contributed by atoms with E-state index in [0.717, 1.165) is 37.7 Å². The molecule has 4 nitrogen and oxygen atoms in total. The predicted molar refractivity (Wildman–Crippen MR) is 70.0 cm³/mol. The average Bonchev–Trinajstić information content (AvgIpc) is 2.83. The minimum atomic E-state index is 0.673. The number of nitrogens with one attached hydrogen (secondary N) is 1. The molecular weight excluding hydrogens is 212 g/mol. The molecule has 4 heteroatoms. The van der Waals surface area contributed by atoms with Crippen molar-refractivity contribution in [3.63, 3.8) is 0 Å². The van der Waals surface area contributed by atoms with E-state index < -0.39 is 0 Å². The van der Waals surface area contributed by atoms with Crippen molar-refractivity contribution in [2.45, 2.75) is 33.2 Å². The molecule has 1 aliphatic rings. The molecule has 1 aliphatic heterocycles. The first kappa shape index (κ1) is 12.3. The van der Waals surface area contributed by atoms with E-state index in [0.29, 0.717) is 5.92 Å². The normalized spacial score (nSPS) is 15.8. The summed E-state index contributed by atoms with van der Waals surface area (Å²) in [5, 5.41) is 11.9. The third kappa shape index (κ3) is 3.66. The summed E-state index contributed by atoms with van der Waals surface area (Å²) in [5.41, 5.74) is 1.02. The third-order valence-corrected chi connectivity index (χ3v) is 2.99. The Labute approximate surface area is 103 Å². The highest BCUT2D eigenvalue weighted by Crippen LogP contribution is 2.16. The summed E-state index contributed by atoms with van der Waals surface area (Å²) in [4.78, 5) is 2.30. The Morgan fingerprint density at radius 1 is 1.24 bits per heavy atom. The molecule has 0 saturated carbocycles. The lowest BCUT2D eigenvalue weighted by atomic mass is 10.2. The average molecular weight is 234 g/mol. The van der Waals surface area contributed by atoms with Crippen LogP contribution in [0.3, 0.4) is 0 Å². The molecule has 2 heterocycles. The van der Waals surface area contributed by atoms with Crippen molar-refractivity contribution in [3.05, 3.63) is 17.8 Å². The lowest BCUT2D eigenvalue weighted by Crippen LogP contribution is -2.21. The zero-order valence-corrected chi connectivity index (χ0v) is 10.8. The standard InChI is InChI=1S/C13H22N4/c1-11(2)9-14-10-12-5-6-13(16-15-12)17-7-3-4-8-17/h5-6,11,14H,3-4,7-10H2,1-2H3. The molecule has 0 atom stereocenters. The van der Waals surface area contributed by atoms with Crippen LogP contribution in [0.15, 0.2) is 12.1 Å². The Morgan fingerprint density at radius 3 is 2.59 bits per heavy atom. The first-order valence-corrected chi connectivity index (χ1v) is 6.54. The van der Waals surface area contributed by atoms with Crippen molar-refractivity contribution >= 4 is 5.82 Å². The highest BCUT2D eigenvalue weighted by Gasteiger charge is 2.13. The second-order valence-electron chi connectivity index (χ2n) is 5.10. The molecule has 1 fully saturated rings. The lowest BCUT2D eigenvalue weighted by Gasteiger charge is -2.15. The Hall–Kier alpha value is -1.16. The molecule has 94 valence electrons. The summed E-state index contributed by atoms with van der Waals surface area (Å²) < 4.78 is 0. The maximum Gasteiger partial charge on any atom is 0.151 e. The summed E-state index contributed by atoms with van der Waals surface area (Å²) in [6.45, 7) is 8.49. The largest absolute Gasteiger partial charge is 0.355 e. The Bertz CT molecular complexity index is 328. The lowest BCUT2D eigenvalue weighted by molar-refractivity contribution is 0.546. The summed E-state index contributed by atoms with van der Waals surface area (Å²) >= 11 is 0. The van der Waals surface area contributed by atoms with Crippen LogP contribution in [0.5, 0.6) is 0 Å². The van der Waals surface area contributed by atoms with Crippen molar-refractivity contribution in [3.8, 4) is 0 Å². The molecule has 0 spiro atoms. The number of nitrogens with zero attached hydrogens (tertiary/aromatic N) is 3. The molecule has 0 radical (unpaired) electrons. The maximum atomic E-state index is 4.29. The smallest absolute Gasteiger partial charge is 0.151 e. The van der Waals surface area contributed by atoms with Crippen LogP contribution in [0.2, 0.25) is 0 Å². The summed E-state index contributed by atoms with van der Waals surface area (Å²) in [7, 11) is 0. The van der Waals surface area contributed by atoms with Crippen molar-refractivity contribution < 1.29 is 0 Å². The van der Waals surface area contributed by atoms with Gasteiger partial charge in [-0.25, -0.2) is 0 Å². The van der Waals surface area contributed by atoms with Crippen molar-refractivity contribution in [1.82, 2.24) is 15.5 Å². The van der Waals surface area contributed by atoms with Crippen LogP contribution < -0.4 is 10.2 Å². The molecule has 0 bridgehead atoms. The minimum absolute atomic E-state index is 0.673. The Morgan fingerprint density at radius 2 is 2.00 bits per heavy atom. The molecule has 1 aromatic rings. The van der Waals surface area contributed by atoms with Crippen LogP contribution in [0, 0.1) is 5.92 Å². The molecule has 1 saturated heterocycles. The molecule has 1 N–H and O–H groups in total. The van der Waals surface area contributed by atoms with Gasteiger partial charge in [0.05, 0.1) is 5.69 Å². The van der Waals surface area contributed by atoms with Gasteiger partial charge in [0.25, 0.3) is 0 Å². The van der Waals surface area contributed by atoms with Crippen molar-refractivity contribution in [2.75, 3.05) is 24.5 Å². The van der Waals surface area contributed by atoms with Crippen LogP contribution in [0.1, 0.15) is 32.4 Å². The zero-order valence-electron chi connectivity index (χ0n) is 10.8. The van der Waals surface area contributed by atoms with Gasteiger partial charge in [-0.05, 0) is 37.4 Å². The summed E-state index contributed by atoms with van der Waals surface area (Å²) in [5.74, 6) is 1.70. The molecule has 2 rings (SSSR count). The Balaban J connectivity index is 1.84. The van der Waals surface area contributed by atoms with E-state index in [9.17, 15) is 0 Å². The van der Waals surface area contributed by atoms with Crippen LogP contribution >= 0.6 is 0 Å². The fourth-order valence-corrected chi connectivity index (χ4v) is 2.05. The predicted octanol–water partition coefficient (Wildman–Crippen LogP) is 1.82. The van der Waals surface area contributed by atoms with Crippen molar-refractivity contribution in [1.29, 1.82) is 0 Å². The van der Waals surface area contributed by atoms with E-state index in [1.54, 1.807) is 0 Å². The van der Waals surface area contributed by atoms with Gasteiger partial charge in [0, 0.05) is 19.6 Å². The van der Waals surface area contributed by atoms with E-state index in [1.165, 1.54) is 12.8 Å². The van der Waals surface area contributed by atoms with Gasteiger partial charge in [-0.1, -0.05) is 13.8 Å². The molecule has 17 heavy (non-hydrogen) atoms. The van der Waals surface area contributed by atoms with Gasteiger partial charge in [0.2, 0.25) is 0 Å². The van der Waals surface area contributed by atoms with Gasteiger partial charge in [-0.15, -0.1) is 5.10 Å². The SMILES string of the molecule is CC(C)CNCc1ccc(N2CCCC2)nn1. The van der Waals surface area contributed by atoms with Gasteiger partial charge in [-0.3, -0.25) is 0 Å².